The van der Waals surface area contributed by atoms with Gasteiger partial charge in [0.1, 0.15) is 0 Å². The molecule has 1 aliphatic rings. The molecule has 1 aromatic carbocycles. The number of Topliss-reactive ketones (excluding diaryl/α,β-unsaturated/α-hetero) is 1. The summed E-state index contributed by atoms with van der Waals surface area (Å²) in [5.41, 5.74) is 0.00773. The SMILES string of the molecule is O=C(CN1C(=O)c2ccc([N+](=O)[O-])cc2C1=O)c1ccc[nH]1. The first-order valence-electron chi connectivity index (χ1n) is 6.30. The minimum absolute atomic E-state index is 0.0570. The van der Waals surface area contributed by atoms with E-state index in [1.807, 2.05) is 0 Å². The number of carbonyl (C=O) groups excluding carboxylic acids is 3. The standard InChI is InChI=1S/C14H9N3O5/c18-12(11-2-1-5-15-11)7-16-13(19)9-4-3-8(17(21)22)6-10(9)14(16)20/h1-6,15H,7H2. The molecule has 0 radical (unpaired) electrons. The van der Waals surface area contributed by atoms with Gasteiger partial charge < -0.3 is 4.98 Å². The van der Waals surface area contributed by atoms with Crippen molar-refractivity contribution in [2.24, 2.45) is 0 Å². The van der Waals surface area contributed by atoms with Gasteiger partial charge in [0.2, 0.25) is 0 Å². The number of imide groups is 1. The Hall–Kier alpha value is -3.29. The van der Waals surface area contributed by atoms with Crippen molar-refractivity contribution < 1.29 is 19.3 Å². The maximum absolute atomic E-state index is 12.2. The summed E-state index contributed by atoms with van der Waals surface area (Å²) in [5, 5.41) is 10.7. The second kappa shape index (κ2) is 4.92. The van der Waals surface area contributed by atoms with Crippen LogP contribution < -0.4 is 0 Å². The Labute approximate surface area is 123 Å². The van der Waals surface area contributed by atoms with E-state index in [9.17, 15) is 24.5 Å². The van der Waals surface area contributed by atoms with E-state index in [1.165, 1.54) is 12.1 Å². The fourth-order valence-electron chi connectivity index (χ4n) is 2.27. The van der Waals surface area contributed by atoms with Gasteiger partial charge >= 0.3 is 0 Å². The first kappa shape index (κ1) is 13.7. The van der Waals surface area contributed by atoms with Gasteiger partial charge in [-0.15, -0.1) is 0 Å². The van der Waals surface area contributed by atoms with E-state index in [2.05, 4.69) is 4.98 Å². The molecule has 22 heavy (non-hydrogen) atoms. The van der Waals surface area contributed by atoms with E-state index >= 15 is 0 Å². The molecule has 0 unspecified atom stereocenters. The molecule has 0 spiro atoms. The van der Waals surface area contributed by atoms with Crippen molar-refractivity contribution in [1.29, 1.82) is 0 Å². The van der Waals surface area contributed by atoms with Crippen LogP contribution in [0.25, 0.3) is 0 Å². The maximum atomic E-state index is 12.2. The molecule has 0 aliphatic carbocycles. The van der Waals surface area contributed by atoms with E-state index in [0.29, 0.717) is 0 Å². The predicted molar refractivity (Wildman–Crippen MR) is 73.6 cm³/mol. The average Bonchev–Trinajstić information content (AvgIpc) is 3.11. The molecular formula is C14H9N3O5. The van der Waals surface area contributed by atoms with E-state index in [4.69, 9.17) is 0 Å². The number of ketones is 1. The van der Waals surface area contributed by atoms with Crippen molar-refractivity contribution >= 4 is 23.3 Å². The Bertz CT molecular complexity index is 810. The lowest BCUT2D eigenvalue weighted by Gasteiger charge is -2.11. The van der Waals surface area contributed by atoms with Gasteiger partial charge in [0, 0.05) is 18.3 Å². The molecule has 1 aromatic heterocycles. The Morgan fingerprint density at radius 1 is 1.18 bits per heavy atom. The first-order valence-corrected chi connectivity index (χ1v) is 6.30. The second-order valence-electron chi connectivity index (χ2n) is 4.69. The predicted octanol–water partition coefficient (Wildman–Crippen LogP) is 1.40. The summed E-state index contributed by atoms with van der Waals surface area (Å²) in [6.45, 7) is -0.416. The Kier molecular flexibility index (Phi) is 3.06. The Morgan fingerprint density at radius 2 is 1.91 bits per heavy atom. The number of nitrogens with zero attached hydrogens (tertiary/aromatic N) is 2. The van der Waals surface area contributed by atoms with Crippen molar-refractivity contribution in [2.45, 2.75) is 0 Å². The number of hydrogen-bond acceptors (Lipinski definition) is 5. The molecule has 1 aliphatic heterocycles. The molecule has 8 heteroatoms. The zero-order valence-corrected chi connectivity index (χ0v) is 11.1. The lowest BCUT2D eigenvalue weighted by molar-refractivity contribution is -0.384. The number of carbonyl (C=O) groups is 3. The first-order chi connectivity index (χ1) is 10.5. The third kappa shape index (κ3) is 2.06. The highest BCUT2D eigenvalue weighted by atomic mass is 16.6. The summed E-state index contributed by atoms with van der Waals surface area (Å²) < 4.78 is 0. The summed E-state index contributed by atoms with van der Waals surface area (Å²) >= 11 is 0. The normalized spacial score (nSPS) is 13.4. The maximum Gasteiger partial charge on any atom is 0.270 e. The van der Waals surface area contributed by atoms with E-state index < -0.39 is 29.1 Å². The molecular weight excluding hydrogens is 290 g/mol. The van der Waals surface area contributed by atoms with Gasteiger partial charge in [-0.1, -0.05) is 0 Å². The van der Waals surface area contributed by atoms with Crippen LogP contribution >= 0.6 is 0 Å². The molecule has 2 amide bonds. The van der Waals surface area contributed by atoms with Crippen molar-refractivity contribution in [1.82, 2.24) is 9.88 Å². The summed E-state index contributed by atoms with van der Waals surface area (Å²) in [5.74, 6) is -1.76. The number of benzene rings is 1. The highest BCUT2D eigenvalue weighted by Gasteiger charge is 2.37. The number of nitrogens with one attached hydrogen (secondary N) is 1. The molecule has 0 fully saturated rings. The van der Waals surface area contributed by atoms with Crippen LogP contribution in [0.5, 0.6) is 0 Å². The van der Waals surface area contributed by atoms with Crippen LogP contribution in [0.15, 0.2) is 36.5 Å². The minimum Gasteiger partial charge on any atom is -0.359 e. The van der Waals surface area contributed by atoms with Gasteiger partial charge in [0.05, 0.1) is 28.3 Å². The average molecular weight is 299 g/mol. The molecule has 0 saturated heterocycles. The van der Waals surface area contributed by atoms with E-state index in [1.54, 1.807) is 12.3 Å². The smallest absolute Gasteiger partial charge is 0.270 e. The van der Waals surface area contributed by atoms with Gasteiger partial charge in [-0.25, -0.2) is 0 Å². The lowest BCUT2D eigenvalue weighted by atomic mass is 10.1. The quantitative estimate of drug-likeness (QED) is 0.397. The van der Waals surface area contributed by atoms with Gasteiger partial charge in [0.15, 0.2) is 5.78 Å². The molecule has 110 valence electrons. The van der Waals surface area contributed by atoms with Crippen LogP contribution in [0.2, 0.25) is 0 Å². The fraction of sp³-hybridized carbons (Fsp3) is 0.0714. The van der Waals surface area contributed by atoms with Gasteiger partial charge in [-0.2, -0.15) is 0 Å². The van der Waals surface area contributed by atoms with Gasteiger partial charge in [-0.05, 0) is 18.2 Å². The highest BCUT2D eigenvalue weighted by molar-refractivity contribution is 6.23. The minimum atomic E-state index is -0.705. The van der Waals surface area contributed by atoms with Crippen LogP contribution in [0.1, 0.15) is 31.2 Å². The lowest BCUT2D eigenvalue weighted by Crippen LogP contribution is -2.35. The monoisotopic (exact) mass is 299 g/mol. The molecule has 2 aromatic rings. The third-order valence-corrected chi connectivity index (χ3v) is 3.37. The topological polar surface area (TPSA) is 113 Å². The third-order valence-electron chi connectivity index (χ3n) is 3.37. The number of nitro benzene ring substituents is 1. The molecule has 0 atom stereocenters. The van der Waals surface area contributed by atoms with Crippen LogP contribution in [0.3, 0.4) is 0 Å². The van der Waals surface area contributed by atoms with Gasteiger partial charge in [-0.3, -0.25) is 29.4 Å². The number of nitro groups is 1. The number of rotatable bonds is 4. The summed E-state index contributed by atoms with van der Waals surface area (Å²) in [6, 6.07) is 6.59. The summed E-state index contributed by atoms with van der Waals surface area (Å²) in [7, 11) is 0. The van der Waals surface area contributed by atoms with Crippen LogP contribution in [0.4, 0.5) is 5.69 Å². The van der Waals surface area contributed by atoms with Crippen molar-refractivity contribution in [3.05, 3.63) is 63.5 Å². The van der Waals surface area contributed by atoms with Crippen molar-refractivity contribution in [2.75, 3.05) is 6.54 Å². The molecule has 8 nitrogen and oxygen atoms in total. The zero-order valence-electron chi connectivity index (χ0n) is 11.1. The number of H-pyrrole nitrogens is 1. The number of fused-ring (bicyclic) bond motifs is 1. The molecule has 1 N–H and O–H groups in total. The van der Waals surface area contributed by atoms with Crippen molar-refractivity contribution in [3.8, 4) is 0 Å². The Morgan fingerprint density at radius 3 is 2.55 bits per heavy atom. The van der Waals surface area contributed by atoms with Crippen LogP contribution in [-0.2, 0) is 0 Å². The molecule has 0 saturated carbocycles. The molecule has 2 heterocycles. The number of aromatic nitrogens is 1. The molecule has 3 rings (SSSR count). The number of amides is 2. The fourth-order valence-corrected chi connectivity index (χ4v) is 2.27. The summed E-state index contributed by atoms with van der Waals surface area (Å²) in [6.07, 6.45) is 1.55. The molecule has 0 bridgehead atoms. The summed E-state index contributed by atoms with van der Waals surface area (Å²) in [4.78, 5) is 49.9. The zero-order chi connectivity index (χ0) is 15.9. The largest absolute Gasteiger partial charge is 0.359 e. The van der Waals surface area contributed by atoms with E-state index in [-0.39, 0.29) is 22.5 Å². The van der Waals surface area contributed by atoms with Crippen molar-refractivity contribution in [3.63, 3.8) is 0 Å². The Balaban J connectivity index is 1.90. The van der Waals surface area contributed by atoms with Gasteiger partial charge in [0.25, 0.3) is 17.5 Å². The number of aromatic amines is 1. The van der Waals surface area contributed by atoms with E-state index in [0.717, 1.165) is 17.0 Å². The number of hydrogen-bond donors (Lipinski definition) is 1. The second-order valence-corrected chi connectivity index (χ2v) is 4.69. The number of non-ortho nitro benzene ring substituents is 1. The van der Waals surface area contributed by atoms with Crippen LogP contribution in [0, 0.1) is 10.1 Å². The highest BCUT2D eigenvalue weighted by Crippen LogP contribution is 2.26. The van der Waals surface area contributed by atoms with Crippen LogP contribution in [-0.4, -0.2) is 38.9 Å².